The molecule has 1 aromatic heterocycles. The normalized spacial score (nSPS) is 10.5. The molecular formula is C13H18FN5O. The molecule has 0 aliphatic heterocycles. The lowest BCUT2D eigenvalue weighted by atomic mass is 10.2. The van der Waals surface area contributed by atoms with E-state index in [9.17, 15) is 4.39 Å². The van der Waals surface area contributed by atoms with Gasteiger partial charge in [-0.05, 0) is 6.42 Å². The van der Waals surface area contributed by atoms with Gasteiger partial charge in [-0.3, -0.25) is 4.68 Å². The summed E-state index contributed by atoms with van der Waals surface area (Å²) < 4.78 is 20.7. The van der Waals surface area contributed by atoms with Gasteiger partial charge in [0.25, 0.3) is 0 Å². The first-order valence-corrected chi connectivity index (χ1v) is 6.50. The lowest BCUT2D eigenvalue weighted by Crippen LogP contribution is -2.12. The Hall–Kier alpha value is -2.31. The molecule has 2 aromatic rings. The number of nitrogens with zero attached hydrogens (tertiary/aromatic N) is 3. The minimum atomic E-state index is -0.447. The minimum Gasteiger partial charge on any atom is -0.490 e. The smallest absolute Gasteiger partial charge is 0.167 e. The molecule has 0 radical (unpaired) electrons. The van der Waals surface area contributed by atoms with Crippen LogP contribution in [-0.4, -0.2) is 28.1 Å². The summed E-state index contributed by atoms with van der Waals surface area (Å²) in [5, 5.41) is 10.7. The number of nitrogens with one attached hydrogen (secondary N) is 1. The van der Waals surface area contributed by atoms with Crippen LogP contribution in [0, 0.1) is 5.82 Å². The lowest BCUT2D eigenvalue weighted by Gasteiger charge is -2.13. The van der Waals surface area contributed by atoms with Gasteiger partial charge in [-0.15, -0.1) is 5.10 Å². The van der Waals surface area contributed by atoms with E-state index in [1.807, 2.05) is 6.92 Å². The second kappa shape index (κ2) is 6.74. The standard InChI is InChI=1S/C13H18FN5O/c1-2-7-20-13-9-12(11(15)8-10(13)14)16-3-5-19-6-4-17-18-19/h4,6,8-9,16H,2-3,5,7,15H2,1H3. The van der Waals surface area contributed by atoms with Gasteiger partial charge in [0, 0.05) is 24.9 Å². The van der Waals surface area contributed by atoms with Crippen LogP contribution in [0.5, 0.6) is 5.75 Å². The van der Waals surface area contributed by atoms with Crippen LogP contribution in [0.15, 0.2) is 24.5 Å². The Labute approximate surface area is 116 Å². The number of ether oxygens (including phenoxy) is 1. The van der Waals surface area contributed by atoms with Crippen molar-refractivity contribution in [2.75, 3.05) is 24.2 Å². The number of anilines is 2. The van der Waals surface area contributed by atoms with Crippen molar-refractivity contribution >= 4 is 11.4 Å². The molecule has 1 aromatic carbocycles. The first kappa shape index (κ1) is 14.1. The first-order valence-electron chi connectivity index (χ1n) is 6.50. The van der Waals surface area contributed by atoms with Gasteiger partial charge < -0.3 is 15.8 Å². The van der Waals surface area contributed by atoms with Crippen LogP contribution in [0.1, 0.15) is 13.3 Å². The Kier molecular flexibility index (Phi) is 4.75. The van der Waals surface area contributed by atoms with Gasteiger partial charge in [-0.2, -0.15) is 0 Å². The minimum absolute atomic E-state index is 0.212. The van der Waals surface area contributed by atoms with Gasteiger partial charge in [-0.25, -0.2) is 4.39 Å². The first-order chi connectivity index (χ1) is 9.70. The number of halogens is 1. The summed E-state index contributed by atoms with van der Waals surface area (Å²) in [6, 6.07) is 2.85. The van der Waals surface area contributed by atoms with E-state index in [0.717, 1.165) is 6.42 Å². The largest absolute Gasteiger partial charge is 0.490 e. The van der Waals surface area contributed by atoms with E-state index in [1.54, 1.807) is 23.1 Å². The zero-order valence-corrected chi connectivity index (χ0v) is 11.3. The summed E-state index contributed by atoms with van der Waals surface area (Å²) in [5.74, 6) is -0.234. The van der Waals surface area contributed by atoms with E-state index in [4.69, 9.17) is 10.5 Å². The number of benzene rings is 1. The second-order valence-corrected chi connectivity index (χ2v) is 4.31. The van der Waals surface area contributed by atoms with E-state index in [-0.39, 0.29) is 5.75 Å². The quantitative estimate of drug-likeness (QED) is 0.757. The molecule has 0 aliphatic carbocycles. The van der Waals surface area contributed by atoms with Gasteiger partial charge in [0.2, 0.25) is 0 Å². The van der Waals surface area contributed by atoms with Crippen LogP contribution < -0.4 is 15.8 Å². The zero-order chi connectivity index (χ0) is 14.4. The molecule has 0 amide bonds. The van der Waals surface area contributed by atoms with Crippen molar-refractivity contribution in [3.05, 3.63) is 30.3 Å². The summed E-state index contributed by atoms with van der Waals surface area (Å²) in [7, 11) is 0. The van der Waals surface area contributed by atoms with Crippen LogP contribution in [-0.2, 0) is 6.54 Å². The molecule has 6 nitrogen and oxygen atoms in total. The molecular weight excluding hydrogens is 261 g/mol. The maximum atomic E-state index is 13.6. The average molecular weight is 279 g/mol. The molecule has 0 atom stereocenters. The average Bonchev–Trinajstić information content (AvgIpc) is 2.93. The fourth-order valence-electron chi connectivity index (χ4n) is 1.70. The number of hydrogen-bond acceptors (Lipinski definition) is 5. The van der Waals surface area contributed by atoms with Crippen molar-refractivity contribution in [1.29, 1.82) is 0 Å². The van der Waals surface area contributed by atoms with Crippen molar-refractivity contribution in [3.63, 3.8) is 0 Å². The van der Waals surface area contributed by atoms with Crippen molar-refractivity contribution in [1.82, 2.24) is 15.0 Å². The van der Waals surface area contributed by atoms with E-state index < -0.39 is 5.82 Å². The van der Waals surface area contributed by atoms with Crippen LogP contribution in [0.2, 0.25) is 0 Å². The van der Waals surface area contributed by atoms with Crippen LogP contribution in [0.3, 0.4) is 0 Å². The number of nitrogens with two attached hydrogens (primary N) is 1. The van der Waals surface area contributed by atoms with Crippen molar-refractivity contribution < 1.29 is 9.13 Å². The molecule has 0 bridgehead atoms. The van der Waals surface area contributed by atoms with Crippen LogP contribution in [0.4, 0.5) is 15.8 Å². The van der Waals surface area contributed by atoms with E-state index in [0.29, 0.717) is 31.1 Å². The maximum Gasteiger partial charge on any atom is 0.167 e. The monoisotopic (exact) mass is 279 g/mol. The molecule has 3 N–H and O–H groups in total. The fourth-order valence-corrected chi connectivity index (χ4v) is 1.70. The third-order valence-electron chi connectivity index (χ3n) is 2.69. The van der Waals surface area contributed by atoms with Gasteiger partial charge in [0.05, 0.1) is 30.7 Å². The zero-order valence-electron chi connectivity index (χ0n) is 11.3. The van der Waals surface area contributed by atoms with Crippen molar-refractivity contribution in [3.8, 4) is 5.75 Å². The Morgan fingerprint density at radius 2 is 2.30 bits per heavy atom. The predicted molar refractivity (Wildman–Crippen MR) is 75.1 cm³/mol. The summed E-state index contributed by atoms with van der Waals surface area (Å²) >= 11 is 0. The molecule has 0 unspecified atom stereocenters. The number of aromatic nitrogens is 3. The molecule has 0 spiro atoms. The Morgan fingerprint density at radius 3 is 3.00 bits per heavy atom. The topological polar surface area (TPSA) is 78.0 Å². The molecule has 0 fully saturated rings. The molecule has 0 saturated carbocycles. The highest BCUT2D eigenvalue weighted by molar-refractivity contribution is 5.68. The molecule has 1 heterocycles. The van der Waals surface area contributed by atoms with E-state index in [2.05, 4.69) is 15.6 Å². The van der Waals surface area contributed by atoms with Crippen molar-refractivity contribution in [2.24, 2.45) is 0 Å². The molecule has 108 valence electrons. The number of nitrogen functional groups attached to an aromatic ring is 1. The molecule has 2 rings (SSSR count). The van der Waals surface area contributed by atoms with E-state index >= 15 is 0 Å². The highest BCUT2D eigenvalue weighted by Crippen LogP contribution is 2.28. The third kappa shape index (κ3) is 3.59. The van der Waals surface area contributed by atoms with Crippen LogP contribution >= 0.6 is 0 Å². The van der Waals surface area contributed by atoms with Gasteiger partial charge in [-0.1, -0.05) is 12.1 Å². The van der Waals surface area contributed by atoms with E-state index in [1.165, 1.54) is 6.07 Å². The number of rotatable bonds is 7. The Balaban J connectivity index is 1.99. The molecule has 20 heavy (non-hydrogen) atoms. The van der Waals surface area contributed by atoms with Crippen LogP contribution in [0.25, 0.3) is 0 Å². The van der Waals surface area contributed by atoms with Gasteiger partial charge >= 0.3 is 0 Å². The summed E-state index contributed by atoms with van der Waals surface area (Å²) in [6.45, 7) is 3.68. The fraction of sp³-hybridized carbons (Fsp3) is 0.385. The Morgan fingerprint density at radius 1 is 1.45 bits per heavy atom. The molecule has 0 aliphatic rings. The molecule has 0 saturated heterocycles. The summed E-state index contributed by atoms with van der Waals surface area (Å²) in [4.78, 5) is 0. The predicted octanol–water partition coefficient (Wildman–Crippen LogP) is 1.90. The lowest BCUT2D eigenvalue weighted by molar-refractivity contribution is 0.301. The SMILES string of the molecule is CCCOc1cc(NCCn2ccnn2)c(N)cc1F. The van der Waals surface area contributed by atoms with Gasteiger partial charge in [0.15, 0.2) is 11.6 Å². The number of hydrogen-bond donors (Lipinski definition) is 2. The summed E-state index contributed by atoms with van der Waals surface area (Å²) in [6.07, 6.45) is 4.20. The second-order valence-electron chi connectivity index (χ2n) is 4.31. The van der Waals surface area contributed by atoms with Gasteiger partial charge in [0.1, 0.15) is 0 Å². The third-order valence-corrected chi connectivity index (χ3v) is 2.69. The molecule has 7 heteroatoms. The van der Waals surface area contributed by atoms with Crippen molar-refractivity contribution in [2.45, 2.75) is 19.9 Å². The maximum absolute atomic E-state index is 13.6. The summed E-state index contributed by atoms with van der Waals surface area (Å²) in [5.41, 5.74) is 6.79. The highest BCUT2D eigenvalue weighted by Gasteiger charge is 2.08. The Bertz CT molecular complexity index is 544. The highest BCUT2D eigenvalue weighted by atomic mass is 19.1.